The molecule has 2 fully saturated rings. The summed E-state index contributed by atoms with van der Waals surface area (Å²) in [6.45, 7) is 9.05. The second-order valence-electron chi connectivity index (χ2n) is 7.94. The molecule has 1 heterocycles. The lowest BCUT2D eigenvalue weighted by atomic mass is 9.78. The minimum atomic E-state index is -0.528. The molecule has 6 heteroatoms. The summed E-state index contributed by atoms with van der Waals surface area (Å²) in [5.41, 5.74) is -0.371. The molecule has 0 amide bonds. The summed E-state index contributed by atoms with van der Waals surface area (Å²) >= 11 is 0. The fourth-order valence-corrected chi connectivity index (χ4v) is 3.47. The zero-order valence-corrected chi connectivity index (χ0v) is 17.4. The summed E-state index contributed by atoms with van der Waals surface area (Å²) in [7, 11) is 1.78. The molecule has 1 aliphatic heterocycles. The Morgan fingerprint density at radius 2 is 1.96 bits per heavy atom. The Kier molecular flexibility index (Phi) is 8.07. The van der Waals surface area contributed by atoms with Gasteiger partial charge < -0.3 is 20.5 Å². The summed E-state index contributed by atoms with van der Waals surface area (Å²) in [5.74, 6) is 1.28. The number of nitrogens with zero attached hydrogens (tertiary/aromatic N) is 1. The van der Waals surface area contributed by atoms with Gasteiger partial charge in [0.05, 0.1) is 11.7 Å². The van der Waals surface area contributed by atoms with E-state index in [1.54, 1.807) is 7.05 Å². The Morgan fingerprint density at radius 1 is 1.26 bits per heavy atom. The van der Waals surface area contributed by atoms with E-state index in [9.17, 15) is 5.11 Å². The van der Waals surface area contributed by atoms with Crippen molar-refractivity contribution in [3.63, 3.8) is 0 Å². The first-order chi connectivity index (χ1) is 10.3. The van der Waals surface area contributed by atoms with Crippen LogP contribution in [0.15, 0.2) is 4.99 Å². The number of aliphatic hydroxyl groups is 1. The standard InChI is InChI=1S/C17H33N3O2.HI/c1-16(2,3)14-13(7-5-10-22-14)11-19-15(18-4)20-12-17(21)8-6-9-17;/h13-14,21H,5-12H2,1-4H3,(H2,18,19,20);1H. The first-order valence-electron chi connectivity index (χ1n) is 8.63. The number of guanidine groups is 1. The van der Waals surface area contributed by atoms with Crippen molar-refractivity contribution in [2.45, 2.75) is 64.6 Å². The molecule has 2 unspecified atom stereocenters. The molecule has 0 bridgehead atoms. The minimum Gasteiger partial charge on any atom is -0.388 e. The van der Waals surface area contributed by atoms with Gasteiger partial charge in [0.25, 0.3) is 0 Å². The van der Waals surface area contributed by atoms with E-state index in [-0.39, 0.29) is 35.5 Å². The summed E-state index contributed by atoms with van der Waals surface area (Å²) in [5, 5.41) is 16.8. The molecule has 0 aromatic heterocycles. The van der Waals surface area contributed by atoms with Crippen molar-refractivity contribution < 1.29 is 9.84 Å². The lowest BCUT2D eigenvalue weighted by Crippen LogP contribution is -2.52. The van der Waals surface area contributed by atoms with Crippen LogP contribution in [0.4, 0.5) is 0 Å². The Morgan fingerprint density at radius 3 is 2.48 bits per heavy atom. The van der Waals surface area contributed by atoms with Crippen molar-refractivity contribution in [2.24, 2.45) is 16.3 Å². The summed E-state index contributed by atoms with van der Waals surface area (Å²) in [6, 6.07) is 0. The van der Waals surface area contributed by atoms with Crippen molar-refractivity contribution in [3.8, 4) is 0 Å². The Hall–Kier alpha value is -0.0800. The molecular formula is C17H34IN3O2. The van der Waals surface area contributed by atoms with Gasteiger partial charge in [0.15, 0.2) is 5.96 Å². The Balaban J connectivity index is 0.00000264. The van der Waals surface area contributed by atoms with Gasteiger partial charge in [-0.2, -0.15) is 0 Å². The SMILES string of the molecule is CN=C(NCC1CCCOC1C(C)(C)C)NCC1(O)CCC1.I. The van der Waals surface area contributed by atoms with Gasteiger partial charge in [-0.1, -0.05) is 20.8 Å². The first-order valence-corrected chi connectivity index (χ1v) is 8.63. The van der Waals surface area contributed by atoms with Crippen LogP contribution in [0.2, 0.25) is 0 Å². The quantitative estimate of drug-likeness (QED) is 0.358. The van der Waals surface area contributed by atoms with Crippen LogP contribution in [0, 0.1) is 11.3 Å². The fraction of sp³-hybridized carbons (Fsp3) is 0.941. The van der Waals surface area contributed by atoms with Crippen molar-refractivity contribution in [3.05, 3.63) is 0 Å². The van der Waals surface area contributed by atoms with Crippen molar-refractivity contribution in [1.29, 1.82) is 0 Å². The second kappa shape index (κ2) is 8.85. The number of aliphatic imine (C=N–C) groups is 1. The summed E-state index contributed by atoms with van der Waals surface area (Å²) in [4.78, 5) is 4.26. The van der Waals surface area contributed by atoms with Crippen LogP contribution >= 0.6 is 24.0 Å². The maximum atomic E-state index is 10.2. The zero-order chi connectivity index (χ0) is 16.2. The minimum absolute atomic E-state index is 0. The molecule has 1 saturated heterocycles. The third kappa shape index (κ3) is 6.05. The van der Waals surface area contributed by atoms with Gasteiger partial charge in [-0.3, -0.25) is 4.99 Å². The number of hydrogen-bond donors (Lipinski definition) is 3. The van der Waals surface area contributed by atoms with Gasteiger partial charge in [-0.15, -0.1) is 24.0 Å². The number of hydrogen-bond acceptors (Lipinski definition) is 3. The molecule has 5 nitrogen and oxygen atoms in total. The van der Waals surface area contributed by atoms with Gasteiger partial charge >= 0.3 is 0 Å². The molecular weight excluding hydrogens is 405 g/mol. The molecule has 1 aliphatic carbocycles. The fourth-order valence-electron chi connectivity index (χ4n) is 3.47. The van der Waals surface area contributed by atoms with E-state index in [2.05, 4.69) is 36.4 Å². The molecule has 2 aliphatic rings. The number of nitrogens with one attached hydrogen (secondary N) is 2. The summed E-state index contributed by atoms with van der Waals surface area (Å²) < 4.78 is 6.02. The van der Waals surface area contributed by atoms with Gasteiger partial charge in [0, 0.05) is 32.7 Å². The van der Waals surface area contributed by atoms with E-state index in [1.807, 2.05) is 0 Å². The monoisotopic (exact) mass is 439 g/mol. The Labute approximate surface area is 158 Å². The molecule has 0 aromatic rings. The topological polar surface area (TPSA) is 65.9 Å². The van der Waals surface area contributed by atoms with E-state index in [0.29, 0.717) is 12.5 Å². The van der Waals surface area contributed by atoms with Crippen molar-refractivity contribution in [1.82, 2.24) is 10.6 Å². The van der Waals surface area contributed by atoms with Crippen molar-refractivity contribution in [2.75, 3.05) is 26.7 Å². The highest BCUT2D eigenvalue weighted by Gasteiger charge is 2.36. The van der Waals surface area contributed by atoms with E-state index in [0.717, 1.165) is 44.8 Å². The number of ether oxygens (including phenoxy) is 1. The second-order valence-corrected chi connectivity index (χ2v) is 7.94. The van der Waals surface area contributed by atoms with E-state index < -0.39 is 5.60 Å². The van der Waals surface area contributed by atoms with Crippen LogP contribution < -0.4 is 10.6 Å². The number of rotatable bonds is 4. The Bertz CT molecular complexity index is 392. The van der Waals surface area contributed by atoms with Gasteiger partial charge in [-0.05, 0) is 37.5 Å². The van der Waals surface area contributed by atoms with Crippen LogP contribution in [0.3, 0.4) is 0 Å². The summed E-state index contributed by atoms with van der Waals surface area (Å²) in [6.07, 6.45) is 5.50. The predicted molar refractivity (Wildman–Crippen MR) is 105 cm³/mol. The average molecular weight is 439 g/mol. The maximum absolute atomic E-state index is 10.2. The molecule has 1 saturated carbocycles. The third-order valence-corrected chi connectivity index (χ3v) is 4.92. The molecule has 2 rings (SSSR count). The van der Waals surface area contributed by atoms with Gasteiger partial charge in [0.2, 0.25) is 0 Å². The first kappa shape index (κ1) is 21.0. The largest absolute Gasteiger partial charge is 0.388 e. The molecule has 0 aromatic carbocycles. The van der Waals surface area contributed by atoms with Crippen LogP contribution in [0.25, 0.3) is 0 Å². The highest BCUT2D eigenvalue weighted by molar-refractivity contribution is 14.0. The number of halogens is 1. The van der Waals surface area contributed by atoms with E-state index in [1.165, 1.54) is 6.42 Å². The van der Waals surface area contributed by atoms with Crippen molar-refractivity contribution >= 4 is 29.9 Å². The molecule has 23 heavy (non-hydrogen) atoms. The normalized spacial score (nSPS) is 27.6. The van der Waals surface area contributed by atoms with E-state index in [4.69, 9.17) is 4.74 Å². The van der Waals surface area contributed by atoms with Crippen LogP contribution in [-0.2, 0) is 4.74 Å². The smallest absolute Gasteiger partial charge is 0.191 e. The van der Waals surface area contributed by atoms with Crippen LogP contribution in [0.5, 0.6) is 0 Å². The lowest BCUT2D eigenvalue weighted by Gasteiger charge is -2.40. The maximum Gasteiger partial charge on any atom is 0.191 e. The molecule has 2 atom stereocenters. The molecule has 136 valence electrons. The highest BCUT2D eigenvalue weighted by atomic mass is 127. The predicted octanol–water partition coefficient (Wildman–Crippen LogP) is 2.53. The average Bonchev–Trinajstić information content (AvgIpc) is 2.45. The zero-order valence-electron chi connectivity index (χ0n) is 15.0. The van der Waals surface area contributed by atoms with Gasteiger partial charge in [0.1, 0.15) is 0 Å². The van der Waals surface area contributed by atoms with Gasteiger partial charge in [-0.25, -0.2) is 0 Å². The van der Waals surface area contributed by atoms with E-state index >= 15 is 0 Å². The highest BCUT2D eigenvalue weighted by Crippen LogP contribution is 2.33. The molecule has 3 N–H and O–H groups in total. The van der Waals surface area contributed by atoms with Crippen LogP contribution in [0.1, 0.15) is 52.9 Å². The lowest BCUT2D eigenvalue weighted by molar-refractivity contribution is -0.0836. The molecule has 0 spiro atoms. The third-order valence-electron chi connectivity index (χ3n) is 4.92. The van der Waals surface area contributed by atoms with Crippen LogP contribution in [-0.4, -0.2) is 49.5 Å². The molecule has 0 radical (unpaired) electrons.